The molecule has 0 aromatic heterocycles. The summed E-state index contributed by atoms with van der Waals surface area (Å²) in [7, 11) is 0. The fraction of sp³-hybridized carbons (Fsp3) is 0.417. The van der Waals surface area contributed by atoms with E-state index in [1.54, 1.807) is 17.0 Å². The number of amides is 1. The maximum absolute atomic E-state index is 13.5. The molecule has 0 spiro atoms. The van der Waals surface area contributed by atoms with Crippen molar-refractivity contribution in [3.63, 3.8) is 0 Å². The number of rotatable bonds is 26. The first-order valence-electron chi connectivity index (χ1n) is 19.9. The molecule has 2 aromatic rings. The summed E-state index contributed by atoms with van der Waals surface area (Å²) >= 11 is 0. The molecule has 55 heavy (non-hydrogen) atoms. The maximum Gasteiger partial charge on any atom is 0.309 e. The lowest BCUT2D eigenvalue weighted by atomic mass is 9.96. The monoisotopic (exact) mass is 746 g/mol. The number of esters is 2. The van der Waals surface area contributed by atoms with Gasteiger partial charge in [-0.1, -0.05) is 149 Å². The van der Waals surface area contributed by atoms with Crippen LogP contribution in [0.1, 0.15) is 109 Å². The normalized spacial score (nSPS) is 12.5. The van der Waals surface area contributed by atoms with Crippen LogP contribution >= 0.6 is 0 Å². The molecule has 0 aliphatic rings. The molecule has 0 N–H and O–H groups in total. The van der Waals surface area contributed by atoms with Crippen molar-refractivity contribution < 1.29 is 23.9 Å². The highest BCUT2D eigenvalue weighted by molar-refractivity contribution is 5.78. The number of unbranched alkanes of at least 4 members (excludes halogenated alkanes) is 1. The first-order chi connectivity index (χ1) is 26.8. The summed E-state index contributed by atoms with van der Waals surface area (Å²) in [6.07, 6.45) is 33.1. The largest absolute Gasteiger partial charge is 0.462 e. The zero-order valence-electron chi connectivity index (χ0n) is 33.5. The third-order valence-electron chi connectivity index (χ3n) is 8.77. The Labute approximate surface area is 330 Å². The Kier molecular flexibility index (Phi) is 24.4. The van der Waals surface area contributed by atoms with E-state index in [0.29, 0.717) is 18.5 Å². The van der Waals surface area contributed by atoms with E-state index in [1.807, 2.05) is 69.3 Å². The van der Waals surface area contributed by atoms with Gasteiger partial charge in [-0.3, -0.25) is 14.4 Å². The van der Waals surface area contributed by atoms with Crippen molar-refractivity contribution in [1.82, 2.24) is 4.90 Å². The van der Waals surface area contributed by atoms with Crippen LogP contribution in [0.3, 0.4) is 0 Å². The van der Waals surface area contributed by atoms with E-state index in [1.165, 1.54) is 0 Å². The van der Waals surface area contributed by atoms with E-state index in [-0.39, 0.29) is 49.9 Å². The van der Waals surface area contributed by atoms with Gasteiger partial charge in [0.25, 0.3) is 0 Å². The zero-order chi connectivity index (χ0) is 39.9. The van der Waals surface area contributed by atoms with Crippen molar-refractivity contribution in [3.05, 3.63) is 133 Å². The van der Waals surface area contributed by atoms with E-state index in [9.17, 15) is 19.6 Å². The molecule has 0 aliphatic heterocycles. The lowest BCUT2D eigenvalue weighted by Crippen LogP contribution is -2.44. The highest BCUT2D eigenvalue weighted by atomic mass is 16.6. The minimum absolute atomic E-state index is 0.000807. The second-order valence-corrected chi connectivity index (χ2v) is 13.6. The van der Waals surface area contributed by atoms with Crippen LogP contribution in [0.15, 0.2) is 121 Å². The Morgan fingerprint density at radius 1 is 0.709 bits per heavy atom. The minimum atomic E-state index is -0.441. The Bertz CT molecular complexity index is 1640. The average Bonchev–Trinajstić information content (AvgIpc) is 3.19. The predicted octanol–water partition coefficient (Wildman–Crippen LogP) is 11.3. The summed E-state index contributed by atoms with van der Waals surface area (Å²) in [5.74, 6) is -0.830. The number of hydrogen-bond donors (Lipinski definition) is 0. The molecule has 0 aliphatic carbocycles. The molecule has 0 saturated carbocycles. The van der Waals surface area contributed by atoms with Crippen molar-refractivity contribution in [3.8, 4) is 17.2 Å². The Morgan fingerprint density at radius 2 is 1.24 bits per heavy atom. The molecule has 0 bridgehead atoms. The van der Waals surface area contributed by atoms with Gasteiger partial charge < -0.3 is 14.4 Å². The molecule has 7 nitrogen and oxygen atoms in total. The van der Waals surface area contributed by atoms with Crippen molar-refractivity contribution in [2.45, 2.75) is 111 Å². The molecule has 0 radical (unpaired) electrons. The molecule has 1 unspecified atom stereocenters. The van der Waals surface area contributed by atoms with E-state index >= 15 is 0 Å². The number of carbonyl (C=O) groups excluding carboxylic acids is 3. The second kappa shape index (κ2) is 29.2. The second-order valence-electron chi connectivity index (χ2n) is 13.6. The molecule has 1 amide bonds. The van der Waals surface area contributed by atoms with Crippen LogP contribution in [-0.2, 0) is 30.4 Å². The minimum Gasteiger partial charge on any atom is -0.462 e. The number of nitriles is 1. The molecular formula is C48H62N2O5. The van der Waals surface area contributed by atoms with Crippen LogP contribution in [0.25, 0.3) is 11.1 Å². The number of hydrogen-bond acceptors (Lipinski definition) is 6. The van der Waals surface area contributed by atoms with Gasteiger partial charge in [0.2, 0.25) is 5.91 Å². The summed E-state index contributed by atoms with van der Waals surface area (Å²) in [6, 6.07) is 17.2. The van der Waals surface area contributed by atoms with Gasteiger partial charge in [-0.05, 0) is 73.6 Å². The number of ether oxygens (including phenoxy) is 2. The van der Waals surface area contributed by atoms with Gasteiger partial charge in [-0.2, -0.15) is 5.26 Å². The lowest BCUT2D eigenvalue weighted by Gasteiger charge is -2.34. The summed E-state index contributed by atoms with van der Waals surface area (Å²) in [5.41, 5.74) is 3.31. The third-order valence-corrected chi connectivity index (χ3v) is 8.77. The van der Waals surface area contributed by atoms with Crippen LogP contribution in [0.5, 0.6) is 0 Å². The molecule has 1 atom stereocenters. The Hall–Kier alpha value is -5.22. The first-order valence-corrected chi connectivity index (χ1v) is 19.9. The van der Waals surface area contributed by atoms with Gasteiger partial charge >= 0.3 is 11.9 Å². The maximum atomic E-state index is 13.5. The Morgan fingerprint density at radius 3 is 1.76 bits per heavy atom. The predicted molar refractivity (Wildman–Crippen MR) is 225 cm³/mol. The molecule has 7 heteroatoms. The standard InChI is InChI=1S/C48H62N2O5/c1-5-7-9-10-11-12-13-14-15-16-17-18-19-20-21-22-23-24-30-47(52)54-35-36-55-48(53)37-45(40(3)4)50(46(51)29-8-6-2)39-41-31-33-42(34-32-41)44-28-26-25-27-43(44)38-49/h7,9,11-12,14-15,17-18,20-21,23-28,31-34,40,45H,5-6,8,10,13,16,19,22,29-30,35-37,39H2,1-4H3. The van der Waals surface area contributed by atoms with Gasteiger partial charge in [0.1, 0.15) is 13.2 Å². The zero-order valence-corrected chi connectivity index (χ0v) is 33.5. The van der Waals surface area contributed by atoms with Crippen LogP contribution in [-0.4, -0.2) is 42.0 Å². The van der Waals surface area contributed by atoms with E-state index in [2.05, 4.69) is 73.8 Å². The number of carbonyl (C=O) groups is 3. The van der Waals surface area contributed by atoms with E-state index in [0.717, 1.165) is 68.1 Å². The molecule has 0 heterocycles. The molecule has 0 fully saturated rings. The molecule has 2 aromatic carbocycles. The molecule has 2 rings (SSSR count). The summed E-state index contributed by atoms with van der Waals surface area (Å²) < 4.78 is 10.7. The molecule has 0 saturated heterocycles. The molecule has 294 valence electrons. The average molecular weight is 747 g/mol. The van der Waals surface area contributed by atoms with Gasteiger partial charge in [0, 0.05) is 19.0 Å². The fourth-order valence-corrected chi connectivity index (χ4v) is 5.69. The molecular weight excluding hydrogens is 685 g/mol. The van der Waals surface area contributed by atoms with Gasteiger partial charge in [-0.25, -0.2) is 0 Å². The van der Waals surface area contributed by atoms with Gasteiger partial charge in [-0.15, -0.1) is 0 Å². The van der Waals surface area contributed by atoms with E-state index < -0.39 is 5.97 Å². The lowest BCUT2D eigenvalue weighted by molar-refractivity contribution is -0.153. The van der Waals surface area contributed by atoms with Crippen molar-refractivity contribution >= 4 is 17.8 Å². The summed E-state index contributed by atoms with van der Waals surface area (Å²) in [5, 5.41) is 9.52. The first kappa shape index (κ1) is 45.9. The SMILES string of the molecule is CCC=CCC=CCC=CCC=CCC=CCC=CCC(=O)OCCOC(=O)CC(C(C)C)N(Cc1ccc(-c2ccccc2C#N)cc1)C(=O)CCCC. The van der Waals surface area contributed by atoms with Gasteiger partial charge in [0.15, 0.2) is 0 Å². The van der Waals surface area contributed by atoms with Crippen LogP contribution in [0.2, 0.25) is 0 Å². The smallest absolute Gasteiger partial charge is 0.309 e. The quantitative estimate of drug-likeness (QED) is 0.0540. The topological polar surface area (TPSA) is 96.7 Å². The number of benzene rings is 2. The Balaban J connectivity index is 1.75. The third kappa shape index (κ3) is 20.2. The van der Waals surface area contributed by atoms with E-state index in [4.69, 9.17) is 9.47 Å². The summed E-state index contributed by atoms with van der Waals surface area (Å²) in [4.78, 5) is 40.4. The highest BCUT2D eigenvalue weighted by Crippen LogP contribution is 2.26. The van der Waals surface area contributed by atoms with Crippen LogP contribution in [0, 0.1) is 17.2 Å². The van der Waals surface area contributed by atoms with Gasteiger partial charge in [0.05, 0.1) is 24.5 Å². The van der Waals surface area contributed by atoms with Crippen molar-refractivity contribution in [2.75, 3.05) is 13.2 Å². The number of allylic oxidation sites excluding steroid dienone is 11. The highest BCUT2D eigenvalue weighted by Gasteiger charge is 2.29. The summed E-state index contributed by atoms with van der Waals surface area (Å²) in [6.45, 7) is 8.46. The van der Waals surface area contributed by atoms with Crippen LogP contribution < -0.4 is 0 Å². The van der Waals surface area contributed by atoms with Crippen molar-refractivity contribution in [1.29, 1.82) is 5.26 Å². The van der Waals surface area contributed by atoms with Crippen molar-refractivity contribution in [2.24, 2.45) is 5.92 Å². The fourth-order valence-electron chi connectivity index (χ4n) is 5.69. The number of nitrogens with zero attached hydrogens (tertiary/aromatic N) is 2. The van der Waals surface area contributed by atoms with Crippen LogP contribution in [0.4, 0.5) is 0 Å².